The maximum absolute atomic E-state index is 13.5. The van der Waals surface area contributed by atoms with Gasteiger partial charge < -0.3 is 19.9 Å². The standard InChI is InChI=1S/C21H18FN7O3/c1-28-11-13(22)7-17(21(28)31)20(30)27-18-4-3-16(10-24-18)32-15-5-6-23-19(8-15)26-14-9-25-29(2)12-14/h3-12H,1-2H3,(H,23,26)(H,24,27,30). The summed E-state index contributed by atoms with van der Waals surface area (Å²) in [6.07, 6.45) is 7.49. The first-order valence-corrected chi connectivity index (χ1v) is 9.40. The van der Waals surface area contributed by atoms with Gasteiger partial charge in [0.25, 0.3) is 11.5 Å². The molecule has 2 N–H and O–H groups in total. The van der Waals surface area contributed by atoms with Gasteiger partial charge in [0.05, 0.1) is 18.1 Å². The minimum absolute atomic E-state index is 0.183. The number of nitrogens with one attached hydrogen (secondary N) is 2. The molecule has 0 bridgehead atoms. The number of halogens is 1. The molecule has 1 amide bonds. The highest BCUT2D eigenvalue weighted by Gasteiger charge is 2.14. The van der Waals surface area contributed by atoms with Gasteiger partial charge in [0.2, 0.25) is 0 Å². The predicted molar refractivity (Wildman–Crippen MR) is 115 cm³/mol. The maximum Gasteiger partial charge on any atom is 0.263 e. The number of carbonyl (C=O) groups excluding carboxylic acids is 1. The Morgan fingerprint density at radius 2 is 1.88 bits per heavy atom. The lowest BCUT2D eigenvalue weighted by atomic mass is 10.2. The summed E-state index contributed by atoms with van der Waals surface area (Å²) in [5.74, 6) is 0.248. The van der Waals surface area contributed by atoms with Gasteiger partial charge in [-0.05, 0) is 24.3 Å². The molecule has 32 heavy (non-hydrogen) atoms. The van der Waals surface area contributed by atoms with E-state index in [0.29, 0.717) is 17.3 Å². The topological polar surface area (TPSA) is 116 Å². The molecule has 0 aliphatic heterocycles. The third kappa shape index (κ3) is 4.78. The molecule has 11 heteroatoms. The Bertz CT molecular complexity index is 1330. The van der Waals surface area contributed by atoms with Gasteiger partial charge in [0.15, 0.2) is 0 Å². The van der Waals surface area contributed by atoms with Gasteiger partial charge in [-0.3, -0.25) is 14.3 Å². The van der Waals surface area contributed by atoms with Gasteiger partial charge in [0.1, 0.15) is 34.5 Å². The first kappa shape index (κ1) is 20.7. The van der Waals surface area contributed by atoms with Crippen LogP contribution in [0.4, 0.5) is 21.7 Å². The van der Waals surface area contributed by atoms with Crippen molar-refractivity contribution in [2.24, 2.45) is 14.1 Å². The van der Waals surface area contributed by atoms with Crippen LogP contribution in [0, 0.1) is 5.82 Å². The van der Waals surface area contributed by atoms with E-state index in [1.165, 1.54) is 19.3 Å². The number of hydrogen-bond acceptors (Lipinski definition) is 7. The summed E-state index contributed by atoms with van der Waals surface area (Å²) in [7, 11) is 3.18. The molecule has 162 valence electrons. The van der Waals surface area contributed by atoms with Crippen LogP contribution in [0.15, 0.2) is 66.1 Å². The minimum atomic E-state index is -0.758. The fourth-order valence-corrected chi connectivity index (χ4v) is 2.84. The first-order chi connectivity index (χ1) is 15.4. The highest BCUT2D eigenvalue weighted by atomic mass is 19.1. The summed E-state index contributed by atoms with van der Waals surface area (Å²) in [6.45, 7) is 0. The molecular formula is C21H18FN7O3. The van der Waals surface area contributed by atoms with Crippen molar-refractivity contribution in [3.05, 3.63) is 83.1 Å². The Morgan fingerprint density at radius 3 is 2.59 bits per heavy atom. The number of ether oxygens (including phenoxy) is 1. The largest absolute Gasteiger partial charge is 0.456 e. The number of carbonyl (C=O) groups is 1. The fourth-order valence-electron chi connectivity index (χ4n) is 2.84. The lowest BCUT2D eigenvalue weighted by molar-refractivity contribution is 0.102. The Labute approximate surface area is 181 Å². The van der Waals surface area contributed by atoms with E-state index < -0.39 is 17.3 Å². The minimum Gasteiger partial charge on any atom is -0.456 e. The van der Waals surface area contributed by atoms with E-state index in [4.69, 9.17) is 4.74 Å². The monoisotopic (exact) mass is 435 g/mol. The molecule has 4 aromatic heterocycles. The molecule has 0 aromatic carbocycles. The number of anilines is 3. The molecule has 0 spiro atoms. The number of amides is 1. The molecule has 0 aliphatic carbocycles. The smallest absolute Gasteiger partial charge is 0.263 e. The zero-order valence-corrected chi connectivity index (χ0v) is 17.1. The van der Waals surface area contributed by atoms with Crippen molar-refractivity contribution in [1.29, 1.82) is 0 Å². The number of nitrogens with zero attached hydrogens (tertiary/aromatic N) is 5. The molecule has 4 heterocycles. The van der Waals surface area contributed by atoms with Gasteiger partial charge in [-0.25, -0.2) is 14.4 Å². The van der Waals surface area contributed by atoms with E-state index in [1.54, 1.807) is 35.3 Å². The van der Waals surface area contributed by atoms with Crippen molar-refractivity contribution < 1.29 is 13.9 Å². The van der Waals surface area contributed by atoms with E-state index >= 15 is 0 Å². The fraction of sp³-hybridized carbons (Fsp3) is 0.0952. The number of pyridine rings is 3. The molecule has 0 fully saturated rings. The van der Waals surface area contributed by atoms with Gasteiger partial charge in [0, 0.05) is 38.8 Å². The number of aromatic nitrogens is 5. The zero-order valence-electron chi connectivity index (χ0n) is 17.1. The third-order valence-corrected chi connectivity index (χ3v) is 4.32. The summed E-state index contributed by atoms with van der Waals surface area (Å²) in [6, 6.07) is 7.38. The van der Waals surface area contributed by atoms with Crippen LogP contribution in [-0.4, -0.2) is 30.2 Å². The Balaban J connectivity index is 1.43. The Kier molecular flexibility index (Phi) is 5.62. The Hall–Kier alpha value is -4.54. The van der Waals surface area contributed by atoms with E-state index in [-0.39, 0.29) is 11.4 Å². The van der Waals surface area contributed by atoms with Crippen LogP contribution in [-0.2, 0) is 14.1 Å². The van der Waals surface area contributed by atoms with E-state index in [9.17, 15) is 14.0 Å². The van der Waals surface area contributed by atoms with Crippen LogP contribution < -0.4 is 20.9 Å². The second-order valence-corrected chi connectivity index (χ2v) is 6.83. The van der Waals surface area contributed by atoms with Gasteiger partial charge in [-0.15, -0.1) is 0 Å². The first-order valence-electron chi connectivity index (χ1n) is 9.40. The van der Waals surface area contributed by atoms with E-state index in [2.05, 4.69) is 25.7 Å². The number of aryl methyl sites for hydroxylation is 2. The molecule has 0 radical (unpaired) electrons. The van der Waals surface area contributed by atoms with E-state index in [0.717, 1.165) is 22.5 Å². The number of rotatable bonds is 6. The van der Waals surface area contributed by atoms with Crippen molar-refractivity contribution in [1.82, 2.24) is 24.3 Å². The van der Waals surface area contributed by atoms with Crippen molar-refractivity contribution >= 4 is 23.2 Å². The van der Waals surface area contributed by atoms with Crippen LogP contribution >= 0.6 is 0 Å². The average Bonchev–Trinajstić information content (AvgIpc) is 3.17. The highest BCUT2D eigenvalue weighted by Crippen LogP contribution is 2.24. The van der Waals surface area contributed by atoms with Crippen LogP contribution in [0.3, 0.4) is 0 Å². The van der Waals surface area contributed by atoms with Crippen LogP contribution in [0.5, 0.6) is 11.5 Å². The van der Waals surface area contributed by atoms with Crippen molar-refractivity contribution in [2.75, 3.05) is 10.6 Å². The average molecular weight is 435 g/mol. The van der Waals surface area contributed by atoms with E-state index in [1.807, 2.05) is 13.2 Å². The van der Waals surface area contributed by atoms with Crippen molar-refractivity contribution in [3.63, 3.8) is 0 Å². The summed E-state index contributed by atoms with van der Waals surface area (Å²) >= 11 is 0. The molecule has 0 aliphatic rings. The third-order valence-electron chi connectivity index (χ3n) is 4.32. The molecular weight excluding hydrogens is 417 g/mol. The Morgan fingerprint density at radius 1 is 1.03 bits per heavy atom. The maximum atomic E-state index is 13.5. The molecule has 0 saturated heterocycles. The quantitative estimate of drug-likeness (QED) is 0.478. The van der Waals surface area contributed by atoms with Crippen molar-refractivity contribution in [3.8, 4) is 11.5 Å². The zero-order chi connectivity index (χ0) is 22.7. The molecule has 10 nitrogen and oxygen atoms in total. The molecule has 0 saturated carbocycles. The predicted octanol–water partition coefficient (Wildman–Crippen LogP) is 2.84. The molecule has 0 atom stereocenters. The van der Waals surface area contributed by atoms with Crippen LogP contribution in [0.1, 0.15) is 10.4 Å². The van der Waals surface area contributed by atoms with Gasteiger partial charge in [-0.1, -0.05) is 0 Å². The summed E-state index contributed by atoms with van der Waals surface area (Å²) in [4.78, 5) is 32.7. The highest BCUT2D eigenvalue weighted by molar-refractivity contribution is 6.03. The molecule has 4 rings (SSSR count). The summed E-state index contributed by atoms with van der Waals surface area (Å²) in [5.41, 5.74) is -0.149. The van der Waals surface area contributed by atoms with Crippen LogP contribution in [0.25, 0.3) is 0 Å². The molecule has 0 unspecified atom stereocenters. The van der Waals surface area contributed by atoms with Crippen molar-refractivity contribution in [2.45, 2.75) is 0 Å². The molecule has 4 aromatic rings. The SMILES string of the molecule is Cn1cc(Nc2cc(Oc3ccc(NC(=O)c4cc(F)cn(C)c4=O)nc3)ccn2)cn1. The summed E-state index contributed by atoms with van der Waals surface area (Å²) < 4.78 is 22.0. The second kappa shape index (κ2) is 8.68. The second-order valence-electron chi connectivity index (χ2n) is 6.83. The van der Waals surface area contributed by atoms with Gasteiger partial charge >= 0.3 is 0 Å². The lowest BCUT2D eigenvalue weighted by Crippen LogP contribution is -2.28. The number of hydrogen-bond donors (Lipinski definition) is 2. The lowest BCUT2D eigenvalue weighted by Gasteiger charge is -2.09. The van der Waals surface area contributed by atoms with Gasteiger partial charge in [-0.2, -0.15) is 5.10 Å². The normalized spacial score (nSPS) is 10.6. The van der Waals surface area contributed by atoms with Crippen LogP contribution in [0.2, 0.25) is 0 Å². The summed E-state index contributed by atoms with van der Waals surface area (Å²) in [5, 5.41) is 9.67.